The summed E-state index contributed by atoms with van der Waals surface area (Å²) < 4.78 is 26.7. The van der Waals surface area contributed by atoms with Crippen LogP contribution in [-0.2, 0) is 6.42 Å². The molecule has 1 aromatic carbocycles. The van der Waals surface area contributed by atoms with E-state index in [0.29, 0.717) is 18.5 Å². The van der Waals surface area contributed by atoms with Gasteiger partial charge in [0.05, 0.1) is 0 Å². The van der Waals surface area contributed by atoms with Crippen LogP contribution in [0.2, 0.25) is 0 Å². The molecule has 1 aliphatic carbocycles. The molecule has 0 saturated heterocycles. The fourth-order valence-electron chi connectivity index (χ4n) is 3.22. The van der Waals surface area contributed by atoms with Gasteiger partial charge < -0.3 is 5.73 Å². The summed E-state index contributed by atoms with van der Waals surface area (Å²) in [5.41, 5.74) is 6.56. The monoisotopic (exact) mass is 267 g/mol. The standard InChI is InChI=1S/C16H23F2N/c1-2-12-5-7-16(11-19,8-6-12)10-13-3-4-14(17)9-15(13)18/h3-4,9,12H,2,5-8,10-11,19H2,1H3. The molecule has 0 aliphatic heterocycles. The van der Waals surface area contributed by atoms with Crippen molar-refractivity contribution in [2.45, 2.75) is 45.4 Å². The molecule has 3 heteroatoms. The highest BCUT2D eigenvalue weighted by molar-refractivity contribution is 5.20. The van der Waals surface area contributed by atoms with Crippen molar-refractivity contribution in [3.8, 4) is 0 Å². The van der Waals surface area contributed by atoms with Gasteiger partial charge in [-0.25, -0.2) is 8.78 Å². The second-order valence-electron chi connectivity index (χ2n) is 5.97. The topological polar surface area (TPSA) is 26.0 Å². The van der Waals surface area contributed by atoms with E-state index in [2.05, 4.69) is 6.92 Å². The summed E-state index contributed by atoms with van der Waals surface area (Å²) >= 11 is 0. The van der Waals surface area contributed by atoms with Crippen LogP contribution in [0.15, 0.2) is 18.2 Å². The molecule has 0 spiro atoms. The summed E-state index contributed by atoms with van der Waals surface area (Å²) in [6.45, 7) is 2.81. The Kier molecular flexibility index (Phi) is 4.56. The van der Waals surface area contributed by atoms with Gasteiger partial charge in [-0.3, -0.25) is 0 Å². The van der Waals surface area contributed by atoms with Gasteiger partial charge in [-0.1, -0.05) is 19.4 Å². The predicted molar refractivity (Wildman–Crippen MR) is 73.8 cm³/mol. The van der Waals surface area contributed by atoms with Crippen LogP contribution in [0.4, 0.5) is 8.78 Å². The van der Waals surface area contributed by atoms with E-state index in [1.807, 2.05) is 0 Å². The molecule has 1 fully saturated rings. The maximum Gasteiger partial charge on any atom is 0.129 e. The van der Waals surface area contributed by atoms with Crippen molar-refractivity contribution in [2.24, 2.45) is 17.1 Å². The van der Waals surface area contributed by atoms with Crippen molar-refractivity contribution in [3.63, 3.8) is 0 Å². The highest BCUT2D eigenvalue weighted by atomic mass is 19.1. The molecule has 2 N–H and O–H groups in total. The molecule has 106 valence electrons. The number of hydrogen-bond acceptors (Lipinski definition) is 1. The van der Waals surface area contributed by atoms with E-state index in [9.17, 15) is 8.78 Å². The van der Waals surface area contributed by atoms with Crippen LogP contribution in [0.1, 0.15) is 44.6 Å². The number of hydrogen-bond donors (Lipinski definition) is 1. The third-order valence-electron chi connectivity index (χ3n) is 4.76. The van der Waals surface area contributed by atoms with E-state index in [4.69, 9.17) is 5.73 Å². The Morgan fingerprint density at radius 3 is 2.47 bits per heavy atom. The SMILES string of the molecule is CCC1CCC(CN)(Cc2ccc(F)cc2F)CC1. The Bertz CT molecular complexity index is 423. The third-order valence-corrected chi connectivity index (χ3v) is 4.76. The van der Waals surface area contributed by atoms with E-state index >= 15 is 0 Å². The lowest BCUT2D eigenvalue weighted by Gasteiger charge is -2.39. The summed E-state index contributed by atoms with van der Waals surface area (Å²) in [6.07, 6.45) is 6.31. The minimum atomic E-state index is -0.516. The zero-order chi connectivity index (χ0) is 13.9. The average molecular weight is 267 g/mol. The number of benzene rings is 1. The normalized spacial score (nSPS) is 27.5. The van der Waals surface area contributed by atoms with Crippen LogP contribution in [0.3, 0.4) is 0 Å². The van der Waals surface area contributed by atoms with Crippen molar-refractivity contribution >= 4 is 0 Å². The summed E-state index contributed by atoms with van der Waals surface area (Å²) in [5, 5.41) is 0. The van der Waals surface area contributed by atoms with Gasteiger partial charge in [-0.2, -0.15) is 0 Å². The fraction of sp³-hybridized carbons (Fsp3) is 0.625. The Labute approximate surface area is 114 Å². The fourth-order valence-corrected chi connectivity index (χ4v) is 3.22. The number of nitrogens with two attached hydrogens (primary N) is 1. The molecular formula is C16H23F2N. The first-order chi connectivity index (χ1) is 9.08. The first-order valence-corrected chi connectivity index (χ1v) is 7.22. The van der Waals surface area contributed by atoms with Gasteiger partial charge in [0, 0.05) is 6.07 Å². The first-order valence-electron chi connectivity index (χ1n) is 7.22. The smallest absolute Gasteiger partial charge is 0.129 e. The van der Waals surface area contributed by atoms with Crippen molar-refractivity contribution in [2.75, 3.05) is 6.54 Å². The molecule has 0 heterocycles. The Morgan fingerprint density at radius 1 is 1.26 bits per heavy atom. The van der Waals surface area contributed by atoms with Gasteiger partial charge in [0.25, 0.3) is 0 Å². The van der Waals surface area contributed by atoms with Crippen LogP contribution in [0.5, 0.6) is 0 Å². The highest BCUT2D eigenvalue weighted by Gasteiger charge is 2.34. The summed E-state index contributed by atoms with van der Waals surface area (Å²) in [6, 6.07) is 3.87. The van der Waals surface area contributed by atoms with Crippen molar-refractivity contribution in [1.82, 2.24) is 0 Å². The average Bonchev–Trinajstić information content (AvgIpc) is 2.43. The zero-order valence-corrected chi connectivity index (χ0v) is 11.6. The predicted octanol–water partition coefficient (Wildman–Crippen LogP) is 4.05. The lowest BCUT2D eigenvalue weighted by molar-refractivity contribution is 0.152. The lowest BCUT2D eigenvalue weighted by Crippen LogP contribution is -2.37. The molecular weight excluding hydrogens is 244 g/mol. The Morgan fingerprint density at radius 2 is 1.95 bits per heavy atom. The number of halogens is 2. The molecule has 0 radical (unpaired) electrons. The van der Waals surface area contributed by atoms with Gasteiger partial charge in [0.15, 0.2) is 0 Å². The molecule has 19 heavy (non-hydrogen) atoms. The van der Waals surface area contributed by atoms with E-state index in [-0.39, 0.29) is 5.41 Å². The highest BCUT2D eigenvalue weighted by Crippen LogP contribution is 2.42. The van der Waals surface area contributed by atoms with E-state index in [1.165, 1.54) is 25.3 Å². The van der Waals surface area contributed by atoms with Gasteiger partial charge in [-0.05, 0) is 61.6 Å². The van der Waals surface area contributed by atoms with Gasteiger partial charge in [0.1, 0.15) is 11.6 Å². The van der Waals surface area contributed by atoms with Gasteiger partial charge in [0.2, 0.25) is 0 Å². The van der Waals surface area contributed by atoms with E-state index in [0.717, 1.165) is 24.8 Å². The molecule has 2 rings (SSSR count). The largest absolute Gasteiger partial charge is 0.330 e. The molecule has 1 aliphatic rings. The molecule has 0 amide bonds. The quantitative estimate of drug-likeness (QED) is 0.875. The summed E-state index contributed by atoms with van der Waals surface area (Å²) in [5.74, 6) is -0.166. The second-order valence-corrected chi connectivity index (χ2v) is 5.97. The van der Waals surface area contributed by atoms with Crippen LogP contribution < -0.4 is 5.73 Å². The molecule has 1 nitrogen and oxygen atoms in total. The van der Waals surface area contributed by atoms with Crippen LogP contribution >= 0.6 is 0 Å². The van der Waals surface area contributed by atoms with Crippen molar-refractivity contribution in [1.29, 1.82) is 0 Å². The Hall–Kier alpha value is -0.960. The van der Waals surface area contributed by atoms with Crippen LogP contribution in [0.25, 0.3) is 0 Å². The van der Waals surface area contributed by atoms with Crippen LogP contribution in [0, 0.1) is 23.0 Å². The first kappa shape index (κ1) is 14.4. The summed E-state index contributed by atoms with van der Waals surface area (Å²) in [4.78, 5) is 0. The Balaban J connectivity index is 2.10. The molecule has 0 bridgehead atoms. The third kappa shape index (κ3) is 3.33. The molecule has 0 unspecified atom stereocenters. The van der Waals surface area contributed by atoms with Gasteiger partial charge >= 0.3 is 0 Å². The molecule has 1 saturated carbocycles. The molecule has 1 aromatic rings. The van der Waals surface area contributed by atoms with E-state index in [1.54, 1.807) is 6.07 Å². The van der Waals surface area contributed by atoms with E-state index < -0.39 is 11.6 Å². The van der Waals surface area contributed by atoms with Crippen molar-refractivity contribution < 1.29 is 8.78 Å². The summed E-state index contributed by atoms with van der Waals surface area (Å²) in [7, 11) is 0. The minimum Gasteiger partial charge on any atom is -0.330 e. The number of rotatable bonds is 4. The minimum absolute atomic E-state index is 0.00431. The zero-order valence-electron chi connectivity index (χ0n) is 11.6. The molecule has 0 aromatic heterocycles. The van der Waals surface area contributed by atoms with Crippen LogP contribution in [-0.4, -0.2) is 6.54 Å². The maximum atomic E-state index is 13.8. The maximum absolute atomic E-state index is 13.8. The second kappa shape index (κ2) is 6.00. The molecule has 0 atom stereocenters. The van der Waals surface area contributed by atoms with Gasteiger partial charge in [-0.15, -0.1) is 0 Å². The lowest BCUT2D eigenvalue weighted by atomic mass is 9.67. The van der Waals surface area contributed by atoms with Crippen molar-refractivity contribution in [3.05, 3.63) is 35.4 Å².